The Bertz CT molecular complexity index is 887. The first-order valence-electron chi connectivity index (χ1n) is 8.81. The van der Waals surface area contributed by atoms with Crippen molar-refractivity contribution in [2.24, 2.45) is 4.99 Å². The first-order chi connectivity index (χ1) is 13.1. The number of benzene rings is 2. The molecule has 0 radical (unpaired) electrons. The van der Waals surface area contributed by atoms with Crippen molar-refractivity contribution in [1.29, 1.82) is 0 Å². The van der Waals surface area contributed by atoms with Gasteiger partial charge >= 0.3 is 5.97 Å². The van der Waals surface area contributed by atoms with E-state index < -0.39 is 5.97 Å². The minimum absolute atomic E-state index is 0.362. The highest BCUT2D eigenvalue weighted by atomic mass is 32.1. The maximum absolute atomic E-state index is 12.3. The van der Waals surface area contributed by atoms with E-state index in [1.807, 2.05) is 68.3 Å². The summed E-state index contributed by atoms with van der Waals surface area (Å²) in [5.74, 6) is 0.140. The number of carbonyl (C=O) groups excluding carboxylic acids is 1. The van der Waals surface area contributed by atoms with E-state index in [-0.39, 0.29) is 0 Å². The average molecular weight is 381 g/mol. The largest absolute Gasteiger partial charge is 0.423 e. The quantitative estimate of drug-likeness (QED) is 0.265. The highest BCUT2D eigenvalue weighted by molar-refractivity contribution is 7.80. The molecule has 3 rings (SSSR count). The SMILES string of the molecule is C=C(N=CN(C)c1ccccc1S)C1=CCc2ccccc2OC1=O.CC. The maximum Gasteiger partial charge on any atom is 0.345 e. The third-order valence-corrected chi connectivity index (χ3v) is 4.26. The second-order valence-corrected chi connectivity index (χ2v) is 6.09. The van der Waals surface area contributed by atoms with E-state index in [0.29, 0.717) is 23.4 Å². The van der Waals surface area contributed by atoms with Gasteiger partial charge in [-0.2, -0.15) is 0 Å². The summed E-state index contributed by atoms with van der Waals surface area (Å²) in [6.45, 7) is 7.91. The number of nitrogens with zero attached hydrogens (tertiary/aromatic N) is 2. The van der Waals surface area contributed by atoms with E-state index in [1.165, 1.54) is 0 Å². The molecule has 1 heterocycles. The molecule has 0 N–H and O–H groups in total. The third kappa shape index (κ3) is 5.11. The number of ether oxygens (including phenoxy) is 1. The van der Waals surface area contributed by atoms with Gasteiger partial charge in [-0.25, -0.2) is 9.79 Å². The predicted molar refractivity (Wildman–Crippen MR) is 115 cm³/mol. The summed E-state index contributed by atoms with van der Waals surface area (Å²) in [5.41, 5.74) is 2.61. The smallest absolute Gasteiger partial charge is 0.345 e. The van der Waals surface area contributed by atoms with Gasteiger partial charge in [0.15, 0.2) is 0 Å². The minimum Gasteiger partial charge on any atom is -0.423 e. The molecule has 2 aromatic carbocycles. The first-order valence-corrected chi connectivity index (χ1v) is 9.25. The van der Waals surface area contributed by atoms with Gasteiger partial charge in [-0.15, -0.1) is 12.6 Å². The van der Waals surface area contributed by atoms with Crippen LogP contribution in [0.25, 0.3) is 0 Å². The Balaban J connectivity index is 0.00000126. The topological polar surface area (TPSA) is 41.9 Å². The second-order valence-electron chi connectivity index (χ2n) is 5.61. The lowest BCUT2D eigenvalue weighted by molar-refractivity contribution is -0.129. The van der Waals surface area contributed by atoms with E-state index in [9.17, 15) is 4.79 Å². The Morgan fingerprint density at radius 2 is 1.85 bits per heavy atom. The lowest BCUT2D eigenvalue weighted by Crippen LogP contribution is -2.16. The molecule has 0 aliphatic carbocycles. The lowest BCUT2D eigenvalue weighted by Gasteiger charge is -2.15. The molecule has 4 nitrogen and oxygen atoms in total. The zero-order valence-electron chi connectivity index (χ0n) is 15.8. The Morgan fingerprint density at radius 3 is 2.59 bits per heavy atom. The summed E-state index contributed by atoms with van der Waals surface area (Å²) in [5, 5.41) is 0. The van der Waals surface area contributed by atoms with Crippen molar-refractivity contribution in [3.05, 3.63) is 78.0 Å². The number of aliphatic imine (C=N–C) groups is 1. The lowest BCUT2D eigenvalue weighted by atomic mass is 10.1. The van der Waals surface area contributed by atoms with Gasteiger partial charge in [-0.3, -0.25) is 0 Å². The van der Waals surface area contributed by atoms with Crippen LogP contribution in [0, 0.1) is 0 Å². The van der Waals surface area contributed by atoms with E-state index in [1.54, 1.807) is 18.5 Å². The van der Waals surface area contributed by atoms with Crippen molar-refractivity contribution in [2.45, 2.75) is 25.2 Å². The highest BCUT2D eigenvalue weighted by Gasteiger charge is 2.20. The average Bonchev–Trinajstić information content (AvgIpc) is 2.86. The summed E-state index contributed by atoms with van der Waals surface area (Å²) in [6, 6.07) is 15.2. The van der Waals surface area contributed by atoms with Crippen LogP contribution >= 0.6 is 12.6 Å². The molecule has 140 valence electrons. The van der Waals surface area contributed by atoms with Gasteiger partial charge in [-0.05, 0) is 30.2 Å². The van der Waals surface area contributed by atoms with Crippen molar-refractivity contribution in [2.75, 3.05) is 11.9 Å². The van der Waals surface area contributed by atoms with Gasteiger partial charge in [0.05, 0.1) is 23.3 Å². The van der Waals surface area contributed by atoms with Crippen LogP contribution in [0.2, 0.25) is 0 Å². The molecule has 0 unspecified atom stereocenters. The summed E-state index contributed by atoms with van der Waals surface area (Å²) in [4.78, 5) is 19.3. The van der Waals surface area contributed by atoms with Crippen LogP contribution in [0.4, 0.5) is 5.69 Å². The van der Waals surface area contributed by atoms with Crippen molar-refractivity contribution >= 4 is 30.6 Å². The number of rotatable bonds is 4. The van der Waals surface area contributed by atoms with Crippen LogP contribution in [0.15, 0.2) is 82.3 Å². The van der Waals surface area contributed by atoms with Crippen LogP contribution in [0.1, 0.15) is 19.4 Å². The fourth-order valence-electron chi connectivity index (χ4n) is 2.51. The standard InChI is InChI=1S/C20H18N2O2S.C2H6/c1-14(21-13-22(2)17-8-4-6-10-19(17)25)16-12-11-15-7-3-5-9-18(15)24-20(16)23;1-2/h3-10,12-13,25H,1,11H2,2H3;1-2H3. The Labute approximate surface area is 166 Å². The van der Waals surface area contributed by atoms with Crippen LogP contribution in [-0.4, -0.2) is 19.4 Å². The molecule has 0 atom stereocenters. The molecule has 27 heavy (non-hydrogen) atoms. The number of hydrogen-bond donors (Lipinski definition) is 1. The summed E-state index contributed by atoms with van der Waals surface area (Å²) in [6.07, 6.45) is 4.02. The van der Waals surface area contributed by atoms with Gasteiger partial charge in [0, 0.05) is 11.9 Å². The molecule has 0 saturated carbocycles. The van der Waals surface area contributed by atoms with Crippen molar-refractivity contribution in [3.63, 3.8) is 0 Å². The molecule has 0 aromatic heterocycles. The van der Waals surface area contributed by atoms with Gasteiger partial charge in [0.2, 0.25) is 0 Å². The van der Waals surface area contributed by atoms with Crippen LogP contribution in [0.3, 0.4) is 0 Å². The number of fused-ring (bicyclic) bond motifs is 1. The molecule has 0 fully saturated rings. The second kappa shape index (κ2) is 9.78. The molecule has 0 bridgehead atoms. The highest BCUT2D eigenvalue weighted by Crippen LogP contribution is 2.26. The van der Waals surface area contributed by atoms with Crippen LogP contribution in [-0.2, 0) is 11.2 Å². The van der Waals surface area contributed by atoms with Crippen molar-refractivity contribution in [1.82, 2.24) is 0 Å². The maximum atomic E-state index is 12.3. The number of carbonyl (C=O) groups is 1. The summed E-state index contributed by atoms with van der Waals surface area (Å²) in [7, 11) is 1.86. The molecule has 0 spiro atoms. The van der Waals surface area contributed by atoms with E-state index in [0.717, 1.165) is 16.1 Å². The normalized spacial score (nSPS) is 12.9. The van der Waals surface area contributed by atoms with Gasteiger partial charge < -0.3 is 9.64 Å². The summed E-state index contributed by atoms with van der Waals surface area (Å²) >= 11 is 4.43. The zero-order valence-corrected chi connectivity index (χ0v) is 16.7. The van der Waals surface area contributed by atoms with Gasteiger partial charge in [0.25, 0.3) is 0 Å². The van der Waals surface area contributed by atoms with Crippen molar-refractivity contribution < 1.29 is 9.53 Å². The Hall–Kier alpha value is -2.79. The van der Waals surface area contributed by atoms with E-state index in [4.69, 9.17) is 4.74 Å². The minimum atomic E-state index is -0.440. The first kappa shape index (κ1) is 20.5. The zero-order chi connectivity index (χ0) is 19.8. The molecule has 1 aliphatic heterocycles. The fraction of sp³-hybridized carbons (Fsp3) is 0.182. The van der Waals surface area contributed by atoms with Crippen molar-refractivity contribution in [3.8, 4) is 5.75 Å². The van der Waals surface area contributed by atoms with Gasteiger partial charge in [-0.1, -0.05) is 56.8 Å². The van der Waals surface area contributed by atoms with Crippen LogP contribution in [0.5, 0.6) is 5.75 Å². The number of para-hydroxylation sites is 2. The summed E-state index contributed by atoms with van der Waals surface area (Å²) < 4.78 is 5.43. The molecule has 0 saturated heterocycles. The molecule has 2 aromatic rings. The van der Waals surface area contributed by atoms with E-state index in [2.05, 4.69) is 24.2 Å². The number of esters is 1. The third-order valence-electron chi connectivity index (χ3n) is 3.88. The molecule has 1 aliphatic rings. The Kier molecular flexibility index (Phi) is 7.44. The molecular weight excluding hydrogens is 356 g/mol. The number of thiol groups is 1. The molecule has 0 amide bonds. The molecular formula is C22H24N2O2S. The number of anilines is 1. The van der Waals surface area contributed by atoms with Crippen LogP contribution < -0.4 is 9.64 Å². The Morgan fingerprint density at radius 1 is 1.19 bits per heavy atom. The number of hydrogen-bond acceptors (Lipinski definition) is 4. The van der Waals surface area contributed by atoms with Gasteiger partial charge in [0.1, 0.15) is 5.75 Å². The van der Waals surface area contributed by atoms with E-state index >= 15 is 0 Å². The predicted octanol–water partition coefficient (Wildman–Crippen LogP) is 5.07. The fourth-order valence-corrected chi connectivity index (χ4v) is 2.83. The monoisotopic (exact) mass is 380 g/mol. The molecule has 5 heteroatoms. The number of allylic oxidation sites excluding steroid dienone is 1.